The molecule has 3 heterocycles. The molecule has 0 aromatic heterocycles. The van der Waals surface area contributed by atoms with Crippen molar-refractivity contribution >= 4 is 23.7 Å². The molecule has 2 aromatic carbocycles. The molecule has 8 heteroatoms. The quantitative estimate of drug-likeness (QED) is 0.651. The van der Waals surface area contributed by atoms with Gasteiger partial charge in [0.2, 0.25) is 0 Å². The third-order valence-corrected chi connectivity index (χ3v) is 7.06. The number of esters is 1. The van der Waals surface area contributed by atoms with E-state index in [1.165, 1.54) is 0 Å². The van der Waals surface area contributed by atoms with Gasteiger partial charge in [0.15, 0.2) is 5.60 Å². The van der Waals surface area contributed by atoms with E-state index in [2.05, 4.69) is 4.90 Å². The number of hydrogen-bond acceptors (Lipinski definition) is 6. The highest BCUT2D eigenvalue weighted by Gasteiger charge is 2.51. The summed E-state index contributed by atoms with van der Waals surface area (Å²) in [6, 6.07) is 13.3. The monoisotopic (exact) mass is 463 g/mol. The summed E-state index contributed by atoms with van der Waals surface area (Å²) in [5.41, 5.74) is 3.33. The van der Waals surface area contributed by atoms with Crippen molar-refractivity contribution in [3.63, 3.8) is 0 Å². The minimum Gasteiger partial charge on any atom is -0.450 e. The first-order valence-electron chi connectivity index (χ1n) is 11.8. The molecule has 2 amide bonds. The highest BCUT2D eigenvalue weighted by atomic mass is 16.6. The molecule has 0 radical (unpaired) electrons. The van der Waals surface area contributed by atoms with Crippen LogP contribution in [0.5, 0.6) is 0 Å². The maximum atomic E-state index is 13.4. The fourth-order valence-corrected chi connectivity index (χ4v) is 5.22. The molecular formula is C26H29N3O5. The van der Waals surface area contributed by atoms with Crippen LogP contribution in [0.15, 0.2) is 42.5 Å². The molecule has 0 N–H and O–H groups in total. The Morgan fingerprint density at radius 2 is 1.79 bits per heavy atom. The number of piperazine rings is 1. The van der Waals surface area contributed by atoms with Gasteiger partial charge in [-0.1, -0.05) is 18.2 Å². The zero-order valence-electron chi connectivity index (χ0n) is 19.6. The molecule has 34 heavy (non-hydrogen) atoms. The van der Waals surface area contributed by atoms with Gasteiger partial charge < -0.3 is 24.2 Å². The molecule has 178 valence electrons. The van der Waals surface area contributed by atoms with Gasteiger partial charge in [-0.3, -0.25) is 4.79 Å². The summed E-state index contributed by atoms with van der Waals surface area (Å²) >= 11 is 0. The summed E-state index contributed by atoms with van der Waals surface area (Å²) in [6.07, 6.45) is 0.335. The first-order valence-corrected chi connectivity index (χ1v) is 11.8. The number of ether oxygens (including phenoxy) is 2. The fourth-order valence-electron chi connectivity index (χ4n) is 5.22. The number of hydrogen-bond donors (Lipinski definition) is 0. The molecule has 0 unspecified atom stereocenters. The summed E-state index contributed by atoms with van der Waals surface area (Å²) < 4.78 is 10.9. The van der Waals surface area contributed by atoms with Crippen LogP contribution in [0.3, 0.4) is 0 Å². The van der Waals surface area contributed by atoms with Gasteiger partial charge in [0.05, 0.1) is 18.7 Å². The van der Waals surface area contributed by atoms with E-state index in [4.69, 9.17) is 9.47 Å². The third kappa shape index (κ3) is 3.77. The van der Waals surface area contributed by atoms with E-state index in [0.717, 1.165) is 16.8 Å². The zero-order valence-corrected chi connectivity index (χ0v) is 19.6. The molecule has 3 aliphatic rings. The van der Waals surface area contributed by atoms with Crippen molar-refractivity contribution in [2.24, 2.45) is 0 Å². The Morgan fingerprint density at radius 1 is 1.03 bits per heavy atom. The van der Waals surface area contributed by atoms with Gasteiger partial charge in [-0.25, -0.2) is 9.59 Å². The minimum atomic E-state index is -0.740. The Morgan fingerprint density at radius 3 is 2.53 bits per heavy atom. The minimum absolute atomic E-state index is 0.0477. The largest absolute Gasteiger partial charge is 0.450 e. The highest BCUT2D eigenvalue weighted by molar-refractivity contribution is 5.97. The van der Waals surface area contributed by atoms with Crippen molar-refractivity contribution in [3.05, 3.63) is 64.7 Å². The second kappa shape index (κ2) is 8.66. The third-order valence-electron chi connectivity index (χ3n) is 7.06. The first-order chi connectivity index (χ1) is 16.4. The summed E-state index contributed by atoms with van der Waals surface area (Å²) in [4.78, 5) is 43.4. The van der Waals surface area contributed by atoms with E-state index in [1.807, 2.05) is 43.3 Å². The van der Waals surface area contributed by atoms with Crippen LogP contribution in [-0.4, -0.2) is 73.6 Å². The molecular weight excluding hydrogens is 434 g/mol. The van der Waals surface area contributed by atoms with Gasteiger partial charge in [0, 0.05) is 56.0 Å². The average Bonchev–Trinajstić information content (AvgIpc) is 3.40. The number of benzene rings is 2. The molecule has 5 rings (SSSR count). The van der Waals surface area contributed by atoms with Crippen molar-refractivity contribution in [2.75, 3.05) is 50.8 Å². The van der Waals surface area contributed by atoms with Crippen LogP contribution in [0.2, 0.25) is 0 Å². The van der Waals surface area contributed by atoms with Crippen molar-refractivity contribution in [1.82, 2.24) is 9.80 Å². The molecule has 0 aliphatic carbocycles. The topological polar surface area (TPSA) is 79.4 Å². The van der Waals surface area contributed by atoms with E-state index >= 15 is 0 Å². The summed E-state index contributed by atoms with van der Waals surface area (Å²) in [5.74, 6) is -0.359. The zero-order chi connectivity index (χ0) is 23.9. The van der Waals surface area contributed by atoms with E-state index in [0.29, 0.717) is 63.4 Å². The average molecular weight is 464 g/mol. The van der Waals surface area contributed by atoms with Crippen molar-refractivity contribution in [2.45, 2.75) is 25.9 Å². The molecule has 1 spiro atoms. The number of anilines is 1. The number of likely N-dealkylation sites (tertiary alicyclic amines) is 1. The lowest BCUT2D eigenvalue weighted by atomic mass is 9.91. The second-order valence-corrected chi connectivity index (χ2v) is 9.08. The smallest absolute Gasteiger partial charge is 0.409 e. The first kappa shape index (κ1) is 22.3. The van der Waals surface area contributed by atoms with Crippen molar-refractivity contribution < 1.29 is 23.9 Å². The Bertz CT molecular complexity index is 1140. The lowest BCUT2D eigenvalue weighted by molar-refractivity contribution is -0.00307. The Balaban J connectivity index is 1.27. The molecule has 1 atom stereocenters. The Labute approximate surface area is 199 Å². The number of nitrogens with zero attached hydrogens (tertiary/aromatic N) is 3. The molecule has 2 aromatic rings. The normalized spacial score (nSPS) is 21.6. The van der Waals surface area contributed by atoms with E-state index in [9.17, 15) is 14.4 Å². The highest BCUT2D eigenvalue weighted by Crippen LogP contribution is 2.43. The van der Waals surface area contributed by atoms with Crippen LogP contribution in [0, 0.1) is 6.92 Å². The van der Waals surface area contributed by atoms with Crippen LogP contribution in [-0.2, 0) is 15.1 Å². The van der Waals surface area contributed by atoms with Crippen LogP contribution < -0.4 is 4.90 Å². The van der Waals surface area contributed by atoms with Crippen LogP contribution >= 0.6 is 0 Å². The molecule has 0 bridgehead atoms. The summed E-state index contributed by atoms with van der Waals surface area (Å²) in [6.45, 7) is 7.67. The number of carbonyl (C=O) groups excluding carboxylic acids is 3. The maximum absolute atomic E-state index is 13.4. The van der Waals surface area contributed by atoms with Crippen LogP contribution in [0.25, 0.3) is 0 Å². The Hall–Kier alpha value is -3.55. The van der Waals surface area contributed by atoms with Gasteiger partial charge in [0.1, 0.15) is 0 Å². The molecule has 2 fully saturated rings. The van der Waals surface area contributed by atoms with Crippen molar-refractivity contribution in [3.8, 4) is 0 Å². The van der Waals surface area contributed by atoms with Crippen LogP contribution in [0.4, 0.5) is 10.5 Å². The number of carbonyl (C=O) groups is 3. The number of aryl methyl sites for hydroxylation is 1. The lowest BCUT2D eigenvalue weighted by Gasteiger charge is -2.35. The fraction of sp³-hybridized carbons (Fsp3) is 0.423. The van der Waals surface area contributed by atoms with Gasteiger partial charge in [-0.2, -0.15) is 0 Å². The summed E-state index contributed by atoms with van der Waals surface area (Å²) in [5, 5.41) is 0. The van der Waals surface area contributed by atoms with E-state index in [1.54, 1.807) is 22.8 Å². The number of rotatable bonds is 3. The maximum Gasteiger partial charge on any atom is 0.409 e. The molecule has 8 nitrogen and oxygen atoms in total. The predicted octanol–water partition coefficient (Wildman–Crippen LogP) is 3.19. The SMILES string of the molecule is CCOC(=O)N1CCN(c2ccc(C(=O)N3CC[C@@]4(C3)OC(=O)c3ccccc34)c(C)c2)CC1. The van der Waals surface area contributed by atoms with E-state index < -0.39 is 5.60 Å². The molecule has 3 aliphatic heterocycles. The van der Waals surface area contributed by atoms with Gasteiger partial charge >= 0.3 is 12.1 Å². The standard InChI is InChI=1S/C26H29N3O5/c1-3-33-25(32)28-14-12-27(13-15-28)19-8-9-20(18(2)16-19)23(30)29-11-10-26(17-29)22-7-5-4-6-21(22)24(31)34-26/h4-9,16H,3,10-15,17H2,1-2H3/t26-/m0/s1. The van der Waals surface area contributed by atoms with Crippen molar-refractivity contribution in [1.29, 1.82) is 0 Å². The van der Waals surface area contributed by atoms with Gasteiger partial charge in [-0.05, 0) is 43.7 Å². The van der Waals surface area contributed by atoms with Crippen LogP contribution in [0.1, 0.15) is 45.2 Å². The van der Waals surface area contributed by atoms with Gasteiger partial charge in [0.25, 0.3) is 5.91 Å². The van der Waals surface area contributed by atoms with Gasteiger partial charge in [-0.15, -0.1) is 0 Å². The predicted molar refractivity (Wildman–Crippen MR) is 126 cm³/mol. The number of amides is 2. The number of fused-ring (bicyclic) bond motifs is 2. The molecule has 0 saturated carbocycles. The van der Waals surface area contributed by atoms with E-state index in [-0.39, 0.29) is 18.0 Å². The second-order valence-electron chi connectivity index (χ2n) is 9.08. The summed E-state index contributed by atoms with van der Waals surface area (Å²) in [7, 11) is 0. The lowest BCUT2D eigenvalue weighted by Crippen LogP contribution is -2.49. The molecule has 2 saturated heterocycles. The Kier molecular flexibility index (Phi) is 5.67.